The number of nitrogens with one attached hydrogen (secondary N) is 1. The van der Waals surface area contributed by atoms with Gasteiger partial charge in [0, 0.05) is 19.6 Å². The van der Waals surface area contributed by atoms with E-state index < -0.39 is 0 Å². The van der Waals surface area contributed by atoms with Crippen LogP contribution in [0.25, 0.3) is 0 Å². The van der Waals surface area contributed by atoms with Gasteiger partial charge in [0.2, 0.25) is 0 Å². The van der Waals surface area contributed by atoms with E-state index in [4.69, 9.17) is 11.6 Å². The van der Waals surface area contributed by atoms with Crippen LogP contribution in [0.3, 0.4) is 0 Å². The Labute approximate surface area is 128 Å². The minimum absolute atomic E-state index is 0.892. The first-order valence-corrected chi connectivity index (χ1v) is 8.36. The molecule has 20 heavy (non-hydrogen) atoms. The zero-order valence-electron chi connectivity index (χ0n) is 12.8. The van der Waals surface area contributed by atoms with Crippen molar-refractivity contribution >= 4 is 17.3 Å². The molecule has 0 amide bonds. The molecule has 1 aromatic rings. The Morgan fingerprint density at radius 2 is 2.05 bits per heavy atom. The van der Waals surface area contributed by atoms with Crippen molar-refractivity contribution in [3.05, 3.63) is 28.8 Å². The predicted molar refractivity (Wildman–Crippen MR) is 88.7 cm³/mol. The van der Waals surface area contributed by atoms with Crippen molar-refractivity contribution in [3.63, 3.8) is 0 Å². The second-order valence-electron chi connectivity index (χ2n) is 5.85. The highest BCUT2D eigenvalue weighted by atomic mass is 35.5. The number of hydrogen-bond donors (Lipinski definition) is 1. The fourth-order valence-corrected chi connectivity index (χ4v) is 2.84. The molecule has 1 aromatic carbocycles. The SMILES string of the molecule is CCCNCc1ccc(N(CCC)CC2CC2)c(Cl)c1. The zero-order chi connectivity index (χ0) is 14.4. The van der Waals surface area contributed by atoms with Crippen LogP contribution in [-0.4, -0.2) is 19.6 Å². The Hall–Kier alpha value is -0.730. The average molecular weight is 295 g/mol. The highest BCUT2D eigenvalue weighted by Crippen LogP contribution is 2.34. The van der Waals surface area contributed by atoms with Gasteiger partial charge < -0.3 is 10.2 Å². The number of halogens is 1. The van der Waals surface area contributed by atoms with Crippen LogP contribution in [0.2, 0.25) is 5.02 Å². The molecule has 2 nitrogen and oxygen atoms in total. The van der Waals surface area contributed by atoms with E-state index in [2.05, 4.69) is 42.3 Å². The summed E-state index contributed by atoms with van der Waals surface area (Å²) < 4.78 is 0. The van der Waals surface area contributed by atoms with Gasteiger partial charge in [-0.15, -0.1) is 0 Å². The first-order chi connectivity index (χ1) is 9.74. The maximum absolute atomic E-state index is 6.51. The molecule has 1 aliphatic rings. The van der Waals surface area contributed by atoms with Gasteiger partial charge in [0.15, 0.2) is 0 Å². The lowest BCUT2D eigenvalue weighted by Gasteiger charge is -2.25. The molecular weight excluding hydrogens is 268 g/mol. The molecule has 0 radical (unpaired) electrons. The van der Waals surface area contributed by atoms with Crippen molar-refractivity contribution < 1.29 is 0 Å². The Morgan fingerprint density at radius 3 is 2.65 bits per heavy atom. The third-order valence-corrected chi connectivity index (χ3v) is 4.08. The topological polar surface area (TPSA) is 15.3 Å². The van der Waals surface area contributed by atoms with E-state index in [1.807, 2.05) is 0 Å². The predicted octanol–water partition coefficient (Wildman–Crippen LogP) is 4.47. The Morgan fingerprint density at radius 1 is 1.25 bits per heavy atom. The van der Waals surface area contributed by atoms with Gasteiger partial charge in [-0.05, 0) is 55.8 Å². The number of rotatable bonds is 9. The van der Waals surface area contributed by atoms with E-state index in [1.54, 1.807) is 0 Å². The van der Waals surface area contributed by atoms with Crippen LogP contribution >= 0.6 is 11.6 Å². The number of nitrogens with zero attached hydrogens (tertiary/aromatic N) is 1. The standard InChI is InChI=1S/C17H27ClN2/c1-3-9-19-12-15-7-8-17(16(18)11-15)20(10-4-2)13-14-5-6-14/h7-8,11,14,19H,3-6,9-10,12-13H2,1-2H3. The summed E-state index contributed by atoms with van der Waals surface area (Å²) in [4.78, 5) is 2.46. The molecule has 1 fully saturated rings. The normalized spacial score (nSPS) is 14.6. The third kappa shape index (κ3) is 4.68. The third-order valence-electron chi connectivity index (χ3n) is 3.78. The number of benzene rings is 1. The lowest BCUT2D eigenvalue weighted by atomic mass is 10.1. The Bertz CT molecular complexity index is 415. The second-order valence-corrected chi connectivity index (χ2v) is 6.26. The van der Waals surface area contributed by atoms with Crippen LogP contribution in [0.1, 0.15) is 45.1 Å². The summed E-state index contributed by atoms with van der Waals surface area (Å²) in [5.41, 5.74) is 2.48. The minimum Gasteiger partial charge on any atom is -0.370 e. The van der Waals surface area contributed by atoms with Crippen molar-refractivity contribution in [2.24, 2.45) is 5.92 Å². The van der Waals surface area contributed by atoms with Crippen LogP contribution in [0.5, 0.6) is 0 Å². The second kappa shape index (κ2) is 7.90. The van der Waals surface area contributed by atoms with Gasteiger partial charge in [-0.3, -0.25) is 0 Å². The van der Waals surface area contributed by atoms with Crippen LogP contribution in [-0.2, 0) is 6.54 Å². The van der Waals surface area contributed by atoms with Crippen molar-refractivity contribution in [1.29, 1.82) is 0 Å². The molecule has 1 aliphatic carbocycles. The van der Waals surface area contributed by atoms with Gasteiger partial charge in [0.25, 0.3) is 0 Å². The van der Waals surface area contributed by atoms with Crippen LogP contribution in [0.15, 0.2) is 18.2 Å². The summed E-state index contributed by atoms with van der Waals surface area (Å²) in [6.07, 6.45) is 5.11. The molecule has 112 valence electrons. The molecule has 2 rings (SSSR count). The number of anilines is 1. The quantitative estimate of drug-likeness (QED) is 0.676. The van der Waals surface area contributed by atoms with Crippen molar-refractivity contribution in [1.82, 2.24) is 5.32 Å². The van der Waals surface area contributed by atoms with E-state index in [0.717, 1.165) is 37.0 Å². The zero-order valence-corrected chi connectivity index (χ0v) is 13.5. The van der Waals surface area contributed by atoms with Gasteiger partial charge in [0.1, 0.15) is 0 Å². The Kier molecular flexibility index (Phi) is 6.18. The lowest BCUT2D eigenvalue weighted by molar-refractivity contribution is 0.675. The average Bonchev–Trinajstić information content (AvgIpc) is 3.23. The molecule has 0 saturated heterocycles. The summed E-state index contributed by atoms with van der Waals surface area (Å²) in [5, 5.41) is 4.32. The molecular formula is C17H27ClN2. The molecule has 0 unspecified atom stereocenters. The van der Waals surface area contributed by atoms with Gasteiger partial charge in [-0.2, -0.15) is 0 Å². The van der Waals surface area contributed by atoms with Gasteiger partial charge in [0.05, 0.1) is 10.7 Å². The Balaban J connectivity index is 2.01. The van der Waals surface area contributed by atoms with Gasteiger partial charge >= 0.3 is 0 Å². The monoisotopic (exact) mass is 294 g/mol. The molecule has 1 N–H and O–H groups in total. The molecule has 0 atom stereocenters. The maximum Gasteiger partial charge on any atom is 0.0642 e. The van der Waals surface area contributed by atoms with Gasteiger partial charge in [-0.1, -0.05) is 31.5 Å². The van der Waals surface area contributed by atoms with E-state index >= 15 is 0 Å². The fraction of sp³-hybridized carbons (Fsp3) is 0.647. The fourth-order valence-electron chi connectivity index (χ4n) is 2.52. The summed E-state index contributed by atoms with van der Waals surface area (Å²) in [7, 11) is 0. The van der Waals surface area contributed by atoms with Gasteiger partial charge in [-0.25, -0.2) is 0 Å². The van der Waals surface area contributed by atoms with E-state index in [0.29, 0.717) is 0 Å². The molecule has 0 bridgehead atoms. The van der Waals surface area contributed by atoms with Crippen molar-refractivity contribution in [2.75, 3.05) is 24.5 Å². The summed E-state index contributed by atoms with van der Waals surface area (Å²) >= 11 is 6.51. The highest BCUT2D eigenvalue weighted by molar-refractivity contribution is 6.33. The van der Waals surface area contributed by atoms with Crippen LogP contribution in [0, 0.1) is 5.92 Å². The largest absolute Gasteiger partial charge is 0.370 e. The van der Waals surface area contributed by atoms with Crippen LogP contribution in [0.4, 0.5) is 5.69 Å². The summed E-state index contributed by atoms with van der Waals surface area (Å²) in [6.45, 7) is 8.65. The molecule has 0 aliphatic heterocycles. The van der Waals surface area contributed by atoms with E-state index in [1.165, 1.54) is 37.1 Å². The molecule has 0 heterocycles. The number of hydrogen-bond acceptors (Lipinski definition) is 2. The van der Waals surface area contributed by atoms with Crippen molar-refractivity contribution in [3.8, 4) is 0 Å². The smallest absolute Gasteiger partial charge is 0.0642 e. The first kappa shape index (κ1) is 15.7. The maximum atomic E-state index is 6.51. The van der Waals surface area contributed by atoms with Crippen molar-refractivity contribution in [2.45, 2.75) is 46.1 Å². The highest BCUT2D eigenvalue weighted by Gasteiger charge is 2.24. The minimum atomic E-state index is 0.892. The molecule has 0 spiro atoms. The summed E-state index contributed by atoms with van der Waals surface area (Å²) in [6, 6.07) is 6.53. The van der Waals surface area contributed by atoms with E-state index in [9.17, 15) is 0 Å². The van der Waals surface area contributed by atoms with E-state index in [-0.39, 0.29) is 0 Å². The summed E-state index contributed by atoms with van der Waals surface area (Å²) in [5.74, 6) is 0.892. The molecule has 0 aromatic heterocycles. The first-order valence-electron chi connectivity index (χ1n) is 7.98. The molecule has 1 saturated carbocycles. The van der Waals surface area contributed by atoms with Crippen LogP contribution < -0.4 is 10.2 Å². The molecule has 3 heteroatoms. The lowest BCUT2D eigenvalue weighted by Crippen LogP contribution is -2.26.